The molecule has 5 rings (SSSR count). The van der Waals surface area contributed by atoms with E-state index < -0.39 is 5.54 Å². The van der Waals surface area contributed by atoms with Crippen molar-refractivity contribution < 1.29 is 9.59 Å². The molecule has 8 heteroatoms. The lowest BCUT2D eigenvalue weighted by Gasteiger charge is -2.39. The second kappa shape index (κ2) is 7.10. The minimum atomic E-state index is -0.434. The van der Waals surface area contributed by atoms with E-state index in [0.717, 1.165) is 53.4 Å². The van der Waals surface area contributed by atoms with E-state index >= 15 is 0 Å². The van der Waals surface area contributed by atoms with Crippen molar-refractivity contribution in [1.82, 2.24) is 25.1 Å². The predicted molar refractivity (Wildman–Crippen MR) is 122 cm³/mol. The number of pyridine rings is 1. The van der Waals surface area contributed by atoms with Crippen molar-refractivity contribution in [2.45, 2.75) is 52.0 Å². The van der Waals surface area contributed by atoms with Crippen LogP contribution in [0.5, 0.6) is 0 Å². The van der Waals surface area contributed by atoms with Crippen molar-refractivity contribution in [1.29, 1.82) is 0 Å². The molecule has 1 aliphatic carbocycles. The van der Waals surface area contributed by atoms with Gasteiger partial charge in [0.15, 0.2) is 5.78 Å². The topological polar surface area (TPSA) is 92.7 Å². The fourth-order valence-electron chi connectivity index (χ4n) is 4.97. The number of aromatic nitrogens is 4. The van der Waals surface area contributed by atoms with Gasteiger partial charge in [0.05, 0.1) is 15.5 Å². The van der Waals surface area contributed by atoms with Gasteiger partial charge in [0.2, 0.25) is 5.78 Å². The molecular weight excluding hydrogens is 458 g/mol. The van der Waals surface area contributed by atoms with Gasteiger partial charge in [0.25, 0.3) is 0 Å². The molecule has 3 aromatic heterocycles. The van der Waals surface area contributed by atoms with Crippen molar-refractivity contribution in [2.75, 3.05) is 13.1 Å². The van der Waals surface area contributed by atoms with Crippen LogP contribution in [0.3, 0.4) is 0 Å². The summed E-state index contributed by atoms with van der Waals surface area (Å²) in [6, 6.07) is 1.83. The van der Waals surface area contributed by atoms with Crippen LogP contribution in [0, 0.1) is 5.41 Å². The smallest absolute Gasteiger partial charge is 0.212 e. The van der Waals surface area contributed by atoms with Crippen LogP contribution in [0.25, 0.3) is 11.0 Å². The standard InChI is InChI=1S/C23H26BrN5O2/c1-22(2,3)29-20(21(31)13-8-16-19(27-11-13)15(24)12-26-16)14-9-23(4-6-25-7-5-23)10-17(30)18(14)28-29/h8,11-12,25-26H,4-7,9-10H2,1-3H3. The average Bonchev–Trinajstić information content (AvgIpc) is 3.29. The molecule has 0 saturated carbocycles. The van der Waals surface area contributed by atoms with Gasteiger partial charge in [-0.3, -0.25) is 19.3 Å². The average molecular weight is 484 g/mol. The summed E-state index contributed by atoms with van der Waals surface area (Å²) in [5.41, 5.74) is 3.36. The third-order valence-electron chi connectivity index (χ3n) is 6.58. The minimum Gasteiger partial charge on any atom is -0.359 e. The van der Waals surface area contributed by atoms with Gasteiger partial charge >= 0.3 is 0 Å². The summed E-state index contributed by atoms with van der Waals surface area (Å²) in [5, 5.41) is 8.08. The normalized spacial score (nSPS) is 18.5. The Kier molecular flexibility index (Phi) is 4.71. The molecular formula is C23H26BrN5O2. The zero-order valence-electron chi connectivity index (χ0n) is 18.0. The molecule has 2 aliphatic rings. The largest absolute Gasteiger partial charge is 0.359 e. The molecule has 31 heavy (non-hydrogen) atoms. The number of carbonyl (C=O) groups excluding carboxylic acids is 2. The number of piperidine rings is 1. The maximum Gasteiger partial charge on any atom is 0.212 e. The Morgan fingerprint density at radius 1 is 1.23 bits per heavy atom. The number of hydrogen-bond donors (Lipinski definition) is 2. The van der Waals surface area contributed by atoms with Crippen LogP contribution in [0.1, 0.15) is 72.1 Å². The number of ketones is 2. The van der Waals surface area contributed by atoms with Gasteiger partial charge in [-0.25, -0.2) is 0 Å². The molecule has 2 N–H and O–H groups in total. The maximum absolute atomic E-state index is 13.8. The first-order valence-corrected chi connectivity index (χ1v) is 11.5. The number of hydrogen-bond acceptors (Lipinski definition) is 5. The summed E-state index contributed by atoms with van der Waals surface area (Å²) in [4.78, 5) is 34.6. The van der Waals surface area contributed by atoms with Crippen molar-refractivity contribution >= 4 is 38.5 Å². The second-order valence-electron chi connectivity index (χ2n) is 9.87. The van der Waals surface area contributed by atoms with Gasteiger partial charge < -0.3 is 10.3 Å². The highest BCUT2D eigenvalue weighted by atomic mass is 79.9. The first kappa shape index (κ1) is 20.6. The van der Waals surface area contributed by atoms with Crippen molar-refractivity contribution in [3.63, 3.8) is 0 Å². The van der Waals surface area contributed by atoms with E-state index in [1.54, 1.807) is 10.9 Å². The monoisotopic (exact) mass is 483 g/mol. The molecule has 7 nitrogen and oxygen atoms in total. The summed E-state index contributed by atoms with van der Waals surface area (Å²) in [6.07, 6.45) is 6.54. The lowest BCUT2D eigenvalue weighted by molar-refractivity contribution is 0.0830. The van der Waals surface area contributed by atoms with E-state index in [1.807, 2.05) is 33.0 Å². The van der Waals surface area contributed by atoms with Crippen LogP contribution in [0.4, 0.5) is 0 Å². The number of carbonyl (C=O) groups is 2. The summed E-state index contributed by atoms with van der Waals surface area (Å²) >= 11 is 3.47. The van der Waals surface area contributed by atoms with Gasteiger partial charge in [-0.1, -0.05) is 0 Å². The predicted octanol–water partition coefficient (Wildman–Crippen LogP) is 4.01. The Bertz CT molecular complexity index is 1210. The quantitative estimate of drug-likeness (QED) is 0.537. The van der Waals surface area contributed by atoms with Crippen LogP contribution in [0.15, 0.2) is 22.9 Å². The van der Waals surface area contributed by atoms with Gasteiger partial charge in [-0.15, -0.1) is 0 Å². The van der Waals surface area contributed by atoms with E-state index in [9.17, 15) is 9.59 Å². The number of nitrogens with one attached hydrogen (secondary N) is 2. The molecule has 0 atom stereocenters. The van der Waals surface area contributed by atoms with Crippen molar-refractivity contribution in [3.05, 3.63) is 45.4 Å². The third kappa shape index (κ3) is 3.36. The van der Waals surface area contributed by atoms with E-state index in [1.165, 1.54) is 0 Å². The first-order valence-electron chi connectivity index (χ1n) is 10.7. The Morgan fingerprint density at radius 3 is 2.68 bits per heavy atom. The summed E-state index contributed by atoms with van der Waals surface area (Å²) in [7, 11) is 0. The number of halogens is 1. The van der Waals surface area contributed by atoms with Gasteiger partial charge in [0.1, 0.15) is 16.9 Å². The summed E-state index contributed by atoms with van der Waals surface area (Å²) < 4.78 is 2.62. The number of fused-ring (bicyclic) bond motifs is 2. The molecule has 3 aromatic rings. The Morgan fingerprint density at radius 2 is 1.97 bits per heavy atom. The van der Waals surface area contributed by atoms with Gasteiger partial charge in [0, 0.05) is 29.9 Å². The Labute approximate surface area is 189 Å². The van der Waals surface area contributed by atoms with Crippen LogP contribution < -0.4 is 5.32 Å². The van der Waals surface area contributed by atoms with Gasteiger partial charge in [-0.05, 0) is 80.5 Å². The molecule has 4 heterocycles. The van der Waals surface area contributed by atoms with E-state index in [4.69, 9.17) is 0 Å². The number of nitrogens with zero attached hydrogens (tertiary/aromatic N) is 3. The number of Topliss-reactive ketones (excluding diaryl/α,β-unsaturated/α-hetero) is 1. The number of aromatic amines is 1. The Hall–Kier alpha value is -2.32. The molecule has 0 amide bonds. The molecule has 162 valence electrons. The second-order valence-corrected chi connectivity index (χ2v) is 10.7. The lowest BCUT2D eigenvalue weighted by Crippen LogP contribution is -2.42. The van der Waals surface area contributed by atoms with E-state index in [0.29, 0.717) is 23.4 Å². The third-order valence-corrected chi connectivity index (χ3v) is 7.18. The molecule has 0 bridgehead atoms. The molecule has 0 aromatic carbocycles. The van der Waals surface area contributed by atoms with Crippen molar-refractivity contribution in [3.8, 4) is 0 Å². The van der Waals surface area contributed by atoms with Gasteiger partial charge in [-0.2, -0.15) is 5.10 Å². The van der Waals surface area contributed by atoms with E-state index in [2.05, 4.69) is 36.3 Å². The van der Waals surface area contributed by atoms with Crippen molar-refractivity contribution in [2.24, 2.45) is 5.41 Å². The Balaban J connectivity index is 1.66. The molecule has 1 aliphatic heterocycles. The SMILES string of the molecule is CC(C)(C)n1nc2c(c1C(=O)c1cnc3c(Br)c[nH]c3c1)CC1(CCNCC1)CC2=O. The first-order chi connectivity index (χ1) is 14.7. The van der Waals surface area contributed by atoms with Crippen LogP contribution >= 0.6 is 15.9 Å². The highest BCUT2D eigenvalue weighted by Gasteiger charge is 2.44. The molecule has 0 radical (unpaired) electrons. The summed E-state index contributed by atoms with van der Waals surface area (Å²) in [5.74, 6) is -0.0790. The van der Waals surface area contributed by atoms with Crippen LogP contribution in [-0.2, 0) is 12.0 Å². The lowest BCUT2D eigenvalue weighted by atomic mass is 9.67. The fraction of sp³-hybridized carbons (Fsp3) is 0.478. The molecule has 0 unspecified atom stereocenters. The highest BCUT2D eigenvalue weighted by molar-refractivity contribution is 9.10. The minimum absolute atomic E-state index is 0.0575. The number of H-pyrrole nitrogens is 1. The summed E-state index contributed by atoms with van der Waals surface area (Å²) in [6.45, 7) is 7.84. The zero-order valence-corrected chi connectivity index (χ0v) is 19.6. The molecule has 1 fully saturated rings. The zero-order chi connectivity index (χ0) is 22.0. The van der Waals surface area contributed by atoms with Crippen LogP contribution in [0.2, 0.25) is 0 Å². The van der Waals surface area contributed by atoms with E-state index in [-0.39, 0.29) is 17.0 Å². The van der Waals surface area contributed by atoms with Crippen LogP contribution in [-0.4, -0.2) is 44.4 Å². The molecule has 1 saturated heterocycles. The number of rotatable bonds is 2. The highest BCUT2D eigenvalue weighted by Crippen LogP contribution is 2.44. The fourth-order valence-corrected chi connectivity index (χ4v) is 5.40. The molecule has 1 spiro atoms. The maximum atomic E-state index is 13.8.